The summed E-state index contributed by atoms with van der Waals surface area (Å²) in [7, 11) is -3.41. The Hall–Kier alpha value is -0.376. The summed E-state index contributed by atoms with van der Waals surface area (Å²) in [5, 5.41) is 0. The van der Waals surface area contributed by atoms with Crippen molar-refractivity contribution in [1.82, 2.24) is 0 Å². The number of Topliss-reactive ketones (excluding diaryl/α,β-unsaturated/α-hetero) is 1. The van der Waals surface area contributed by atoms with E-state index >= 15 is 0 Å². The van der Waals surface area contributed by atoms with Crippen molar-refractivity contribution in [3.63, 3.8) is 0 Å². The van der Waals surface area contributed by atoms with Gasteiger partial charge in [-0.2, -0.15) is 0 Å². The third-order valence-corrected chi connectivity index (χ3v) is 6.75. The van der Waals surface area contributed by atoms with E-state index in [9.17, 15) is 9.59 Å². The lowest BCUT2D eigenvalue weighted by Crippen LogP contribution is -2.33. The Morgan fingerprint density at radius 2 is 1.88 bits per heavy atom. The highest BCUT2D eigenvalue weighted by Gasteiger charge is 2.28. The first-order valence-electron chi connectivity index (χ1n) is 8.66. The molecule has 0 aliphatic heterocycles. The third kappa shape index (κ3) is 8.64. The maximum atomic E-state index is 12.0. The van der Waals surface area contributed by atoms with Crippen LogP contribution in [-0.2, 0) is 14.0 Å². The predicted molar refractivity (Wildman–Crippen MR) is 107 cm³/mol. The van der Waals surface area contributed by atoms with Crippen molar-refractivity contribution >= 4 is 39.5 Å². The van der Waals surface area contributed by atoms with Gasteiger partial charge in [0.1, 0.15) is 5.94 Å². The van der Waals surface area contributed by atoms with Crippen LogP contribution in [0, 0.1) is 0 Å². The highest BCUT2D eigenvalue weighted by atomic mass is 32.2. The number of allylic oxidation sites excluding steroid dienone is 1. The number of carbonyl (C=O) groups excluding carboxylic acids is 2. The summed E-state index contributed by atoms with van der Waals surface area (Å²) in [5.41, 5.74) is 0.915. The molecule has 1 rings (SSSR count). The predicted octanol–water partition coefficient (Wildman–Crippen LogP) is 5.02. The quantitative estimate of drug-likeness (QED) is 0.299. The number of ketones is 1. The summed E-state index contributed by atoms with van der Waals surface area (Å²) in [6, 6.07) is 0. The van der Waals surface area contributed by atoms with Gasteiger partial charge in [0.2, 0.25) is 0 Å². The Kier molecular flexibility index (Phi) is 8.45. The third-order valence-electron chi connectivity index (χ3n) is 3.51. The molecule has 0 heterocycles. The van der Waals surface area contributed by atoms with Crippen LogP contribution in [0.3, 0.4) is 0 Å². The molecule has 0 aromatic heterocycles. The zero-order valence-corrected chi connectivity index (χ0v) is 18.8. The van der Waals surface area contributed by atoms with Crippen LogP contribution in [0.25, 0.3) is 0 Å². The Morgan fingerprint density at radius 3 is 2.46 bits per heavy atom. The van der Waals surface area contributed by atoms with Crippen LogP contribution in [0.2, 0.25) is 39.3 Å². The minimum Gasteiger partial charge on any atom is -0.459 e. The number of thioether (sulfide) groups is 1. The van der Waals surface area contributed by atoms with Gasteiger partial charge in [0.05, 0.1) is 6.10 Å². The first kappa shape index (κ1) is 21.7. The van der Waals surface area contributed by atoms with Gasteiger partial charge < -0.3 is 9.16 Å². The highest BCUT2D eigenvalue weighted by Crippen LogP contribution is 2.25. The lowest BCUT2D eigenvalue weighted by molar-refractivity contribution is -0.115. The minimum atomic E-state index is -1.81. The Morgan fingerprint density at radius 1 is 1.21 bits per heavy atom. The normalized spacial score (nSPS) is 18.7. The van der Waals surface area contributed by atoms with E-state index in [0.29, 0.717) is 12.4 Å². The van der Waals surface area contributed by atoms with E-state index in [1.165, 1.54) is 0 Å². The molecule has 0 N–H and O–H groups in total. The Bertz CT molecular complexity index is 478. The average molecular weight is 389 g/mol. The van der Waals surface area contributed by atoms with Crippen LogP contribution in [-0.4, -0.2) is 45.6 Å². The minimum absolute atomic E-state index is 0.00508. The molecular weight excluding hydrogens is 356 g/mol. The van der Waals surface area contributed by atoms with Crippen LogP contribution in [0.5, 0.6) is 0 Å². The second-order valence-corrected chi connectivity index (χ2v) is 18.7. The zero-order valence-electron chi connectivity index (χ0n) is 15.9. The largest absolute Gasteiger partial charge is 0.459 e. The molecule has 1 aliphatic carbocycles. The molecular formula is C17H32O4SSi2. The molecule has 0 saturated carbocycles. The molecule has 0 aromatic rings. The van der Waals surface area contributed by atoms with Crippen molar-refractivity contribution in [2.24, 2.45) is 0 Å². The van der Waals surface area contributed by atoms with Gasteiger partial charge in [0.15, 0.2) is 22.2 Å². The van der Waals surface area contributed by atoms with E-state index in [0.717, 1.165) is 30.6 Å². The molecule has 0 bridgehead atoms. The summed E-state index contributed by atoms with van der Waals surface area (Å²) in [5.74, 6) is 1.64. The van der Waals surface area contributed by atoms with E-state index in [-0.39, 0.29) is 17.5 Å². The summed E-state index contributed by atoms with van der Waals surface area (Å²) < 4.78 is 11.3. The maximum absolute atomic E-state index is 12.0. The number of hydrogen-bond acceptors (Lipinski definition) is 5. The summed E-state index contributed by atoms with van der Waals surface area (Å²) in [4.78, 5) is 23.7. The molecule has 24 heavy (non-hydrogen) atoms. The molecule has 0 fully saturated rings. The van der Waals surface area contributed by atoms with Crippen LogP contribution in [0.15, 0.2) is 11.6 Å². The molecule has 7 heteroatoms. The van der Waals surface area contributed by atoms with Gasteiger partial charge in [-0.1, -0.05) is 19.6 Å². The molecule has 0 aromatic carbocycles. The summed E-state index contributed by atoms with van der Waals surface area (Å²) in [6.45, 7) is 12.4. The molecule has 1 aliphatic rings. The topological polar surface area (TPSA) is 52.6 Å². The zero-order chi connectivity index (χ0) is 18.4. The average Bonchev–Trinajstić information content (AvgIpc) is 2.74. The Balaban J connectivity index is 2.16. The van der Waals surface area contributed by atoms with Crippen LogP contribution in [0.4, 0.5) is 4.79 Å². The number of ether oxygens (including phenoxy) is 1. The fourth-order valence-corrected chi connectivity index (χ4v) is 4.72. The van der Waals surface area contributed by atoms with Crippen molar-refractivity contribution in [1.29, 1.82) is 0 Å². The van der Waals surface area contributed by atoms with Gasteiger partial charge >= 0.3 is 0 Å². The summed E-state index contributed by atoms with van der Waals surface area (Å²) >= 11 is 1.65. The van der Waals surface area contributed by atoms with Gasteiger partial charge in [-0.15, -0.1) is 11.8 Å². The fourth-order valence-electron chi connectivity index (χ4n) is 2.33. The maximum Gasteiger partial charge on any atom is 0.272 e. The summed E-state index contributed by atoms with van der Waals surface area (Å²) in [6.07, 6.45) is 5.39. The van der Waals surface area contributed by atoms with Gasteiger partial charge in [-0.3, -0.25) is 9.59 Å². The van der Waals surface area contributed by atoms with Gasteiger partial charge in [0, 0.05) is 6.42 Å². The standard InChI is InChI=1S/C17H32O4SSi2/c1-23(2,3)17(19)20-13-22-10-8-7-9-14-11-15(12-16(14)18)21-24(4,5)6/h11,15H,7-10,12-13H2,1-6H3. The lowest BCUT2D eigenvalue weighted by Gasteiger charge is -2.21. The monoisotopic (exact) mass is 388 g/mol. The van der Waals surface area contributed by atoms with Crippen LogP contribution >= 0.6 is 11.8 Å². The molecule has 0 amide bonds. The fraction of sp³-hybridized carbons (Fsp3) is 0.765. The number of rotatable bonds is 10. The number of hydrogen-bond donors (Lipinski definition) is 0. The molecule has 0 spiro atoms. The van der Waals surface area contributed by atoms with E-state index in [4.69, 9.17) is 9.16 Å². The number of carbonyl (C=O) groups is 2. The van der Waals surface area contributed by atoms with Gasteiger partial charge in [-0.25, -0.2) is 0 Å². The van der Waals surface area contributed by atoms with Crippen LogP contribution in [0.1, 0.15) is 25.7 Å². The van der Waals surface area contributed by atoms with Crippen LogP contribution < -0.4 is 0 Å². The van der Waals surface area contributed by atoms with Gasteiger partial charge in [-0.05, 0) is 56.3 Å². The van der Waals surface area contributed by atoms with Crippen molar-refractivity contribution in [3.05, 3.63) is 11.6 Å². The number of unbranched alkanes of at least 4 members (excludes halogenated alkanes) is 1. The molecule has 0 saturated heterocycles. The smallest absolute Gasteiger partial charge is 0.272 e. The molecule has 4 nitrogen and oxygen atoms in total. The molecule has 138 valence electrons. The molecule has 0 radical (unpaired) electrons. The van der Waals surface area contributed by atoms with E-state index in [1.807, 2.05) is 25.7 Å². The first-order chi connectivity index (χ1) is 11.0. The Labute approximate surface area is 152 Å². The second-order valence-electron chi connectivity index (χ2n) is 8.25. The van der Waals surface area contributed by atoms with E-state index in [1.54, 1.807) is 11.8 Å². The molecule has 1 unspecified atom stereocenters. The highest BCUT2D eigenvalue weighted by molar-refractivity contribution is 7.99. The first-order valence-corrected chi connectivity index (χ1v) is 16.7. The van der Waals surface area contributed by atoms with Gasteiger partial charge in [0.25, 0.3) is 5.59 Å². The van der Waals surface area contributed by atoms with Crippen molar-refractivity contribution in [2.75, 3.05) is 11.7 Å². The second kappa shape index (κ2) is 9.36. The van der Waals surface area contributed by atoms with Crippen molar-refractivity contribution in [2.45, 2.75) is 71.1 Å². The van der Waals surface area contributed by atoms with E-state index in [2.05, 4.69) is 19.6 Å². The lowest BCUT2D eigenvalue weighted by atomic mass is 10.1. The SMILES string of the molecule is C[Si](C)(C)OC1C=C(CCCCSCOC(=O)[Si](C)(C)C)C(=O)C1. The van der Waals surface area contributed by atoms with E-state index < -0.39 is 16.4 Å². The van der Waals surface area contributed by atoms with Crippen molar-refractivity contribution < 1.29 is 18.8 Å². The molecule has 1 atom stereocenters. The van der Waals surface area contributed by atoms with Crippen molar-refractivity contribution in [3.8, 4) is 0 Å².